The monoisotopic (exact) mass is 273 g/mol. The van der Waals surface area contributed by atoms with Gasteiger partial charge in [-0.3, -0.25) is 0 Å². The fraction of sp³-hybridized carbons (Fsp3) is 0.467. The van der Waals surface area contributed by atoms with Crippen LogP contribution in [0.3, 0.4) is 0 Å². The second-order valence-corrected chi connectivity index (χ2v) is 4.82. The molecule has 0 N–H and O–H groups in total. The Bertz CT molecular complexity index is 562. The number of pyridine rings is 1. The molecule has 106 valence electrons. The molecule has 1 atom stereocenters. The van der Waals surface area contributed by atoms with E-state index in [9.17, 15) is 0 Å². The Kier molecular flexibility index (Phi) is 3.97. The van der Waals surface area contributed by atoms with Crippen LogP contribution in [0.5, 0.6) is 5.88 Å². The summed E-state index contributed by atoms with van der Waals surface area (Å²) in [4.78, 5) is 4.28. The highest BCUT2D eigenvalue weighted by Gasteiger charge is 2.17. The van der Waals surface area contributed by atoms with Crippen molar-refractivity contribution in [2.45, 2.75) is 32.4 Å². The van der Waals surface area contributed by atoms with E-state index >= 15 is 0 Å². The van der Waals surface area contributed by atoms with Gasteiger partial charge in [0, 0.05) is 30.1 Å². The maximum absolute atomic E-state index is 5.74. The summed E-state index contributed by atoms with van der Waals surface area (Å²) in [7, 11) is 0. The fourth-order valence-corrected chi connectivity index (χ4v) is 2.43. The van der Waals surface area contributed by atoms with Crippen molar-refractivity contribution in [3.63, 3.8) is 0 Å². The molecule has 0 aliphatic carbocycles. The van der Waals surface area contributed by atoms with E-state index in [-0.39, 0.29) is 6.23 Å². The van der Waals surface area contributed by atoms with Gasteiger partial charge in [0.15, 0.2) is 0 Å². The van der Waals surface area contributed by atoms with Crippen LogP contribution < -0.4 is 4.74 Å². The first-order valence-corrected chi connectivity index (χ1v) is 7.12. The van der Waals surface area contributed by atoms with Crippen LogP contribution in [-0.4, -0.2) is 28.0 Å². The molecule has 0 bridgehead atoms. The van der Waals surface area contributed by atoms with Crippen molar-refractivity contribution in [2.75, 3.05) is 13.2 Å². The van der Waals surface area contributed by atoms with Crippen LogP contribution in [0.4, 0.5) is 0 Å². The summed E-state index contributed by atoms with van der Waals surface area (Å²) in [5.41, 5.74) is 1.98. The molecule has 2 aromatic rings. The van der Waals surface area contributed by atoms with E-state index in [1.54, 1.807) is 6.20 Å². The van der Waals surface area contributed by atoms with Gasteiger partial charge in [-0.1, -0.05) is 0 Å². The Morgan fingerprint density at radius 1 is 1.45 bits per heavy atom. The quantitative estimate of drug-likeness (QED) is 0.859. The number of ether oxygens (including phenoxy) is 2. The topological polar surface area (TPSA) is 49.2 Å². The molecule has 0 aromatic carbocycles. The van der Waals surface area contributed by atoms with Gasteiger partial charge >= 0.3 is 0 Å². The minimum atomic E-state index is 0.0599. The molecule has 1 saturated heterocycles. The lowest BCUT2D eigenvalue weighted by Crippen LogP contribution is -2.18. The zero-order valence-corrected chi connectivity index (χ0v) is 11.7. The van der Waals surface area contributed by atoms with Gasteiger partial charge in [-0.15, -0.1) is 0 Å². The number of hydrogen-bond acceptors (Lipinski definition) is 4. The highest BCUT2D eigenvalue weighted by Crippen LogP contribution is 2.29. The zero-order valence-electron chi connectivity index (χ0n) is 11.7. The molecule has 5 heteroatoms. The van der Waals surface area contributed by atoms with Gasteiger partial charge in [0.05, 0.1) is 12.8 Å². The minimum Gasteiger partial charge on any atom is -0.478 e. The van der Waals surface area contributed by atoms with Crippen molar-refractivity contribution >= 4 is 0 Å². The van der Waals surface area contributed by atoms with Crippen molar-refractivity contribution in [1.29, 1.82) is 0 Å². The van der Waals surface area contributed by atoms with Gasteiger partial charge in [-0.25, -0.2) is 9.67 Å². The van der Waals surface area contributed by atoms with Crippen molar-refractivity contribution in [3.8, 4) is 17.0 Å². The van der Waals surface area contributed by atoms with Gasteiger partial charge in [-0.05, 0) is 38.3 Å². The third kappa shape index (κ3) is 2.67. The Morgan fingerprint density at radius 2 is 2.40 bits per heavy atom. The van der Waals surface area contributed by atoms with Crippen molar-refractivity contribution in [2.24, 2.45) is 0 Å². The maximum atomic E-state index is 5.74. The third-order valence-corrected chi connectivity index (χ3v) is 3.42. The lowest BCUT2D eigenvalue weighted by molar-refractivity contribution is -0.0394. The smallest absolute Gasteiger partial charge is 0.221 e. The molecule has 0 saturated carbocycles. The molecule has 1 fully saturated rings. The SMILES string of the molecule is CCOc1ncccc1-c1cnn([C@H]2CCCCO2)c1. The summed E-state index contributed by atoms with van der Waals surface area (Å²) in [5.74, 6) is 0.652. The normalized spacial score (nSPS) is 18.9. The van der Waals surface area contributed by atoms with E-state index < -0.39 is 0 Å². The van der Waals surface area contributed by atoms with Crippen molar-refractivity contribution in [1.82, 2.24) is 14.8 Å². The predicted molar refractivity (Wildman–Crippen MR) is 75.5 cm³/mol. The Balaban J connectivity index is 1.86. The van der Waals surface area contributed by atoms with E-state index in [4.69, 9.17) is 9.47 Å². The highest BCUT2D eigenvalue weighted by atomic mass is 16.5. The molecule has 2 aromatic heterocycles. The average Bonchev–Trinajstić information content (AvgIpc) is 2.99. The van der Waals surface area contributed by atoms with Gasteiger partial charge < -0.3 is 9.47 Å². The van der Waals surface area contributed by atoms with Crippen LogP contribution in [0.25, 0.3) is 11.1 Å². The molecular formula is C15H19N3O2. The van der Waals surface area contributed by atoms with Crippen LogP contribution in [-0.2, 0) is 4.74 Å². The second-order valence-electron chi connectivity index (χ2n) is 4.82. The second kappa shape index (κ2) is 6.05. The van der Waals surface area contributed by atoms with Crippen molar-refractivity contribution in [3.05, 3.63) is 30.7 Å². The number of rotatable bonds is 4. The molecule has 1 aliphatic heterocycles. The summed E-state index contributed by atoms with van der Waals surface area (Å²) in [6, 6.07) is 3.91. The molecule has 5 nitrogen and oxygen atoms in total. The van der Waals surface area contributed by atoms with Gasteiger partial charge in [0.1, 0.15) is 6.23 Å². The summed E-state index contributed by atoms with van der Waals surface area (Å²) < 4.78 is 13.2. The highest BCUT2D eigenvalue weighted by molar-refractivity contribution is 5.66. The Labute approximate surface area is 118 Å². The standard InChI is InChI=1S/C15H19N3O2/c1-2-19-15-13(6-5-8-16-15)12-10-17-18(11-12)14-7-3-4-9-20-14/h5-6,8,10-11,14H,2-4,7,9H2,1H3/t14-/m1/s1. The van der Waals surface area contributed by atoms with Crippen LogP contribution in [0, 0.1) is 0 Å². The zero-order chi connectivity index (χ0) is 13.8. The average molecular weight is 273 g/mol. The first kappa shape index (κ1) is 13.1. The molecule has 20 heavy (non-hydrogen) atoms. The summed E-state index contributed by atoms with van der Waals surface area (Å²) in [5, 5.41) is 4.43. The summed E-state index contributed by atoms with van der Waals surface area (Å²) in [6.45, 7) is 3.37. The van der Waals surface area contributed by atoms with E-state index in [0.29, 0.717) is 12.5 Å². The molecule has 3 heterocycles. The molecule has 0 amide bonds. The third-order valence-electron chi connectivity index (χ3n) is 3.42. The molecule has 0 unspecified atom stereocenters. The van der Waals surface area contributed by atoms with E-state index in [1.807, 2.05) is 36.1 Å². The largest absolute Gasteiger partial charge is 0.478 e. The molecular weight excluding hydrogens is 254 g/mol. The van der Waals surface area contributed by atoms with Gasteiger partial charge in [-0.2, -0.15) is 5.10 Å². The van der Waals surface area contributed by atoms with Gasteiger partial charge in [0.25, 0.3) is 0 Å². The predicted octanol–water partition coefficient (Wildman–Crippen LogP) is 3.04. The van der Waals surface area contributed by atoms with Gasteiger partial charge in [0.2, 0.25) is 5.88 Å². The van der Waals surface area contributed by atoms with E-state index in [1.165, 1.54) is 6.42 Å². The number of aromatic nitrogens is 3. The fourth-order valence-electron chi connectivity index (χ4n) is 2.43. The molecule has 3 rings (SSSR count). The first-order chi connectivity index (χ1) is 9.88. The van der Waals surface area contributed by atoms with E-state index in [0.717, 1.165) is 30.6 Å². The maximum Gasteiger partial charge on any atom is 0.221 e. The van der Waals surface area contributed by atoms with Crippen LogP contribution in [0.1, 0.15) is 32.4 Å². The molecule has 0 spiro atoms. The molecule has 1 aliphatic rings. The number of nitrogens with zero attached hydrogens (tertiary/aromatic N) is 3. The van der Waals surface area contributed by atoms with E-state index in [2.05, 4.69) is 10.1 Å². The lowest BCUT2D eigenvalue weighted by Gasteiger charge is -2.22. The summed E-state index contributed by atoms with van der Waals surface area (Å²) >= 11 is 0. The first-order valence-electron chi connectivity index (χ1n) is 7.12. The minimum absolute atomic E-state index is 0.0599. The molecule has 0 radical (unpaired) electrons. The van der Waals surface area contributed by atoms with Crippen molar-refractivity contribution < 1.29 is 9.47 Å². The Morgan fingerprint density at radius 3 is 3.20 bits per heavy atom. The Hall–Kier alpha value is -1.88. The lowest BCUT2D eigenvalue weighted by atomic mass is 10.1. The van der Waals surface area contributed by atoms with Crippen LogP contribution >= 0.6 is 0 Å². The number of hydrogen-bond donors (Lipinski definition) is 0. The van der Waals surface area contributed by atoms with Crippen LogP contribution in [0.2, 0.25) is 0 Å². The summed E-state index contributed by atoms with van der Waals surface area (Å²) in [6.07, 6.45) is 9.01. The van der Waals surface area contributed by atoms with Crippen LogP contribution in [0.15, 0.2) is 30.7 Å².